The van der Waals surface area contributed by atoms with E-state index < -0.39 is 0 Å². The predicted octanol–water partition coefficient (Wildman–Crippen LogP) is 2.02. The second-order valence-electron chi connectivity index (χ2n) is 3.21. The minimum absolute atomic E-state index is 0.873. The van der Waals surface area contributed by atoms with Crippen LogP contribution in [0.5, 0.6) is 0 Å². The zero-order valence-corrected chi connectivity index (χ0v) is 8.98. The standard InChI is InChI=1S/C5H8N2.C5H7NO/c1-5-3-4-7(2)6-5;1-4-3-5(2)7-6-4/h3-4H,1-2H3;3H,1-2H3. The summed E-state index contributed by atoms with van der Waals surface area (Å²) < 4.78 is 6.50. The predicted molar refractivity (Wildman–Crippen MR) is 53.9 cm³/mol. The van der Waals surface area contributed by atoms with Gasteiger partial charge in [-0.2, -0.15) is 5.10 Å². The van der Waals surface area contributed by atoms with E-state index in [2.05, 4.69) is 10.3 Å². The van der Waals surface area contributed by atoms with E-state index in [1.807, 2.05) is 46.1 Å². The first-order valence-electron chi connectivity index (χ1n) is 4.44. The van der Waals surface area contributed by atoms with Crippen LogP contribution in [0.25, 0.3) is 0 Å². The summed E-state index contributed by atoms with van der Waals surface area (Å²) in [6, 6.07) is 3.86. The molecule has 0 radical (unpaired) electrons. The Bertz CT molecular complexity index is 318. The van der Waals surface area contributed by atoms with E-state index in [0.717, 1.165) is 17.1 Å². The summed E-state index contributed by atoms with van der Waals surface area (Å²) in [4.78, 5) is 0. The van der Waals surface area contributed by atoms with E-state index in [-0.39, 0.29) is 0 Å². The number of aromatic nitrogens is 3. The van der Waals surface area contributed by atoms with Crippen LogP contribution in [0.2, 0.25) is 0 Å². The largest absolute Gasteiger partial charge is 0.361 e. The summed E-state index contributed by atoms with van der Waals surface area (Å²) in [7, 11) is 1.91. The van der Waals surface area contributed by atoms with Gasteiger partial charge in [0.25, 0.3) is 0 Å². The van der Waals surface area contributed by atoms with Crippen LogP contribution in [0.4, 0.5) is 0 Å². The Balaban J connectivity index is 0.000000140. The van der Waals surface area contributed by atoms with Gasteiger partial charge in [-0.3, -0.25) is 4.68 Å². The van der Waals surface area contributed by atoms with Gasteiger partial charge in [0.1, 0.15) is 5.76 Å². The molecule has 0 aliphatic carbocycles. The molecule has 0 N–H and O–H groups in total. The Labute approximate surface area is 83.5 Å². The van der Waals surface area contributed by atoms with E-state index in [9.17, 15) is 0 Å². The lowest BCUT2D eigenvalue weighted by Crippen LogP contribution is -1.86. The lowest BCUT2D eigenvalue weighted by atomic mass is 10.4. The molecule has 0 aliphatic rings. The molecular formula is C10H15N3O. The molecule has 76 valence electrons. The summed E-state index contributed by atoms with van der Waals surface area (Å²) in [5.74, 6) is 0.873. The minimum atomic E-state index is 0.873. The van der Waals surface area contributed by atoms with E-state index in [4.69, 9.17) is 4.52 Å². The summed E-state index contributed by atoms with van der Waals surface area (Å²) >= 11 is 0. The van der Waals surface area contributed by atoms with Crippen molar-refractivity contribution in [2.75, 3.05) is 0 Å². The maximum absolute atomic E-state index is 4.71. The van der Waals surface area contributed by atoms with Gasteiger partial charge < -0.3 is 4.52 Å². The fourth-order valence-corrected chi connectivity index (χ4v) is 1.02. The van der Waals surface area contributed by atoms with Crippen LogP contribution in [0.1, 0.15) is 17.1 Å². The molecule has 0 fully saturated rings. The first-order chi connectivity index (χ1) is 6.58. The van der Waals surface area contributed by atoms with Crippen LogP contribution < -0.4 is 0 Å². The second-order valence-corrected chi connectivity index (χ2v) is 3.21. The molecule has 4 heteroatoms. The molecular weight excluding hydrogens is 178 g/mol. The first kappa shape index (κ1) is 10.5. The third kappa shape index (κ3) is 3.43. The van der Waals surface area contributed by atoms with Crippen molar-refractivity contribution in [3.63, 3.8) is 0 Å². The quantitative estimate of drug-likeness (QED) is 0.643. The Hall–Kier alpha value is -1.58. The number of rotatable bonds is 0. The van der Waals surface area contributed by atoms with Crippen molar-refractivity contribution in [2.24, 2.45) is 7.05 Å². The summed E-state index contributed by atoms with van der Waals surface area (Å²) in [5, 5.41) is 7.67. The molecule has 0 aromatic carbocycles. The van der Waals surface area contributed by atoms with Gasteiger partial charge in [0.05, 0.1) is 11.4 Å². The van der Waals surface area contributed by atoms with Crippen LogP contribution in [0, 0.1) is 20.8 Å². The summed E-state index contributed by atoms with van der Waals surface area (Å²) in [6.45, 7) is 5.75. The number of nitrogens with zero attached hydrogens (tertiary/aromatic N) is 3. The third-order valence-electron chi connectivity index (χ3n) is 1.59. The van der Waals surface area contributed by atoms with Crippen LogP contribution in [0.15, 0.2) is 22.9 Å². The van der Waals surface area contributed by atoms with E-state index >= 15 is 0 Å². The SMILES string of the molecule is Cc1cc(C)on1.Cc1ccn(C)n1. The fourth-order valence-electron chi connectivity index (χ4n) is 1.02. The molecule has 2 aromatic heterocycles. The van der Waals surface area contributed by atoms with Crippen molar-refractivity contribution in [1.82, 2.24) is 14.9 Å². The van der Waals surface area contributed by atoms with Crippen molar-refractivity contribution >= 4 is 0 Å². The average Bonchev–Trinajstić information content (AvgIpc) is 2.63. The van der Waals surface area contributed by atoms with Crippen LogP contribution in [0.3, 0.4) is 0 Å². The highest BCUT2D eigenvalue weighted by atomic mass is 16.5. The maximum Gasteiger partial charge on any atom is 0.133 e. The van der Waals surface area contributed by atoms with Crippen molar-refractivity contribution in [2.45, 2.75) is 20.8 Å². The molecule has 4 nitrogen and oxygen atoms in total. The number of aryl methyl sites for hydroxylation is 4. The highest BCUT2D eigenvalue weighted by Crippen LogP contribution is 1.97. The van der Waals surface area contributed by atoms with E-state index in [1.54, 1.807) is 4.68 Å². The molecule has 0 aliphatic heterocycles. The molecule has 0 amide bonds. The maximum atomic E-state index is 4.71. The molecule has 2 heterocycles. The molecule has 0 bridgehead atoms. The van der Waals surface area contributed by atoms with E-state index in [0.29, 0.717) is 0 Å². The molecule has 0 atom stereocenters. The molecule has 0 saturated heterocycles. The van der Waals surface area contributed by atoms with Gasteiger partial charge in [-0.05, 0) is 26.8 Å². The third-order valence-corrected chi connectivity index (χ3v) is 1.59. The Morgan fingerprint density at radius 1 is 1.21 bits per heavy atom. The van der Waals surface area contributed by atoms with Gasteiger partial charge in [0, 0.05) is 19.3 Å². The van der Waals surface area contributed by atoms with Gasteiger partial charge in [-0.25, -0.2) is 0 Å². The lowest BCUT2D eigenvalue weighted by molar-refractivity contribution is 0.393. The number of hydrogen-bond acceptors (Lipinski definition) is 3. The second kappa shape index (κ2) is 4.60. The van der Waals surface area contributed by atoms with E-state index in [1.165, 1.54) is 0 Å². The molecule has 2 rings (SSSR count). The highest BCUT2D eigenvalue weighted by molar-refractivity contribution is 4.99. The lowest BCUT2D eigenvalue weighted by Gasteiger charge is -1.79. The average molecular weight is 193 g/mol. The first-order valence-corrected chi connectivity index (χ1v) is 4.44. The van der Waals surface area contributed by atoms with Gasteiger partial charge in [-0.15, -0.1) is 0 Å². The van der Waals surface area contributed by atoms with Gasteiger partial charge in [0.2, 0.25) is 0 Å². The molecule has 2 aromatic rings. The monoisotopic (exact) mass is 193 g/mol. The van der Waals surface area contributed by atoms with Crippen molar-refractivity contribution in [1.29, 1.82) is 0 Å². The smallest absolute Gasteiger partial charge is 0.133 e. The topological polar surface area (TPSA) is 43.9 Å². The minimum Gasteiger partial charge on any atom is -0.361 e. The summed E-state index contributed by atoms with van der Waals surface area (Å²) in [6.07, 6.45) is 1.93. The molecule has 14 heavy (non-hydrogen) atoms. The zero-order chi connectivity index (χ0) is 10.6. The normalized spacial score (nSPS) is 9.43. The fraction of sp³-hybridized carbons (Fsp3) is 0.400. The van der Waals surface area contributed by atoms with Crippen LogP contribution in [-0.2, 0) is 7.05 Å². The molecule has 0 saturated carbocycles. The van der Waals surface area contributed by atoms with Crippen molar-refractivity contribution in [3.8, 4) is 0 Å². The van der Waals surface area contributed by atoms with Gasteiger partial charge in [0.15, 0.2) is 0 Å². The van der Waals surface area contributed by atoms with Gasteiger partial charge >= 0.3 is 0 Å². The molecule has 0 spiro atoms. The number of hydrogen-bond donors (Lipinski definition) is 0. The molecule has 0 unspecified atom stereocenters. The Morgan fingerprint density at radius 2 is 1.93 bits per heavy atom. The summed E-state index contributed by atoms with van der Waals surface area (Å²) in [5.41, 5.74) is 2.01. The Kier molecular flexibility index (Phi) is 3.45. The van der Waals surface area contributed by atoms with Crippen molar-refractivity contribution < 1.29 is 4.52 Å². The van der Waals surface area contributed by atoms with Crippen LogP contribution >= 0.6 is 0 Å². The van der Waals surface area contributed by atoms with Crippen molar-refractivity contribution in [3.05, 3.63) is 35.5 Å². The zero-order valence-electron chi connectivity index (χ0n) is 8.98. The Morgan fingerprint density at radius 3 is 2.07 bits per heavy atom. The van der Waals surface area contributed by atoms with Gasteiger partial charge in [-0.1, -0.05) is 5.16 Å². The highest BCUT2D eigenvalue weighted by Gasteiger charge is 1.88. The van der Waals surface area contributed by atoms with Crippen LogP contribution in [-0.4, -0.2) is 14.9 Å².